The summed E-state index contributed by atoms with van der Waals surface area (Å²) in [7, 11) is 0. The molecule has 0 radical (unpaired) electrons. The Labute approximate surface area is 122 Å². The highest BCUT2D eigenvalue weighted by molar-refractivity contribution is 9.10. The van der Waals surface area contributed by atoms with Gasteiger partial charge in [0.1, 0.15) is 5.82 Å². The van der Waals surface area contributed by atoms with Crippen LogP contribution in [-0.2, 0) is 6.42 Å². The first-order valence-corrected chi connectivity index (χ1v) is 7.23. The Kier molecular flexibility index (Phi) is 4.75. The highest BCUT2D eigenvalue weighted by atomic mass is 79.9. The predicted octanol–water partition coefficient (Wildman–Crippen LogP) is 4.05. The number of rotatable bonds is 4. The highest BCUT2D eigenvalue weighted by Gasteiger charge is 2.13. The number of thiophene rings is 1. The molecule has 0 aliphatic heterocycles. The zero-order valence-corrected chi connectivity index (χ0v) is 12.4. The summed E-state index contributed by atoms with van der Waals surface area (Å²) in [4.78, 5) is 1.10. The molecular formula is C12H11BrClFN2S. The van der Waals surface area contributed by atoms with Crippen molar-refractivity contribution in [1.29, 1.82) is 0 Å². The number of hydrogen-bond acceptors (Lipinski definition) is 3. The molecule has 96 valence electrons. The van der Waals surface area contributed by atoms with Crippen molar-refractivity contribution in [2.75, 3.05) is 0 Å². The maximum atomic E-state index is 13.4. The van der Waals surface area contributed by atoms with E-state index in [2.05, 4.69) is 21.4 Å². The van der Waals surface area contributed by atoms with Gasteiger partial charge in [-0.2, -0.15) is 0 Å². The molecule has 18 heavy (non-hydrogen) atoms. The molecule has 2 nitrogen and oxygen atoms in total. The van der Waals surface area contributed by atoms with Crippen LogP contribution in [0.1, 0.15) is 16.5 Å². The van der Waals surface area contributed by atoms with Gasteiger partial charge < -0.3 is 0 Å². The Morgan fingerprint density at radius 1 is 1.39 bits per heavy atom. The Morgan fingerprint density at radius 2 is 2.17 bits per heavy atom. The van der Waals surface area contributed by atoms with Gasteiger partial charge in [-0.1, -0.05) is 27.5 Å². The highest BCUT2D eigenvalue weighted by Crippen LogP contribution is 2.27. The summed E-state index contributed by atoms with van der Waals surface area (Å²) in [5.41, 5.74) is 3.51. The molecule has 1 unspecified atom stereocenters. The lowest BCUT2D eigenvalue weighted by Gasteiger charge is -2.16. The molecule has 1 heterocycles. The third-order valence-corrected chi connectivity index (χ3v) is 4.23. The van der Waals surface area contributed by atoms with E-state index in [1.807, 2.05) is 18.2 Å². The van der Waals surface area contributed by atoms with Gasteiger partial charge in [-0.05, 0) is 35.9 Å². The minimum atomic E-state index is -0.288. The zero-order chi connectivity index (χ0) is 13.1. The van der Waals surface area contributed by atoms with Gasteiger partial charge >= 0.3 is 0 Å². The standard InChI is InChI=1S/C12H11BrClFN2S/c13-8-3-7(4-9(15)5-8)11(17-16)6-10-1-2-12(14)18-10/h1-5,11,17H,6,16H2. The third-order valence-electron chi connectivity index (χ3n) is 2.52. The number of nitrogens with one attached hydrogen (secondary N) is 1. The van der Waals surface area contributed by atoms with Crippen LogP contribution in [0.2, 0.25) is 4.34 Å². The van der Waals surface area contributed by atoms with Crippen LogP contribution in [-0.4, -0.2) is 0 Å². The summed E-state index contributed by atoms with van der Waals surface area (Å²) in [6.45, 7) is 0. The fourth-order valence-corrected chi connectivity index (χ4v) is 3.33. The molecule has 0 bridgehead atoms. The van der Waals surface area contributed by atoms with Gasteiger partial charge in [0.25, 0.3) is 0 Å². The predicted molar refractivity (Wildman–Crippen MR) is 77.2 cm³/mol. The maximum Gasteiger partial charge on any atom is 0.124 e. The lowest BCUT2D eigenvalue weighted by atomic mass is 10.0. The largest absolute Gasteiger partial charge is 0.271 e. The van der Waals surface area contributed by atoms with Gasteiger partial charge in [-0.15, -0.1) is 11.3 Å². The molecule has 0 aliphatic carbocycles. The smallest absolute Gasteiger partial charge is 0.124 e. The van der Waals surface area contributed by atoms with Crippen molar-refractivity contribution in [3.05, 3.63) is 55.4 Å². The molecule has 1 aromatic carbocycles. The normalized spacial score (nSPS) is 12.7. The molecular weight excluding hydrogens is 339 g/mol. The summed E-state index contributed by atoms with van der Waals surface area (Å²) in [6.07, 6.45) is 0.670. The molecule has 2 rings (SSSR count). The van der Waals surface area contributed by atoms with Crippen LogP contribution in [0, 0.1) is 5.82 Å². The topological polar surface area (TPSA) is 38.0 Å². The van der Waals surface area contributed by atoms with Gasteiger partial charge in [0.15, 0.2) is 0 Å². The molecule has 0 fully saturated rings. The van der Waals surface area contributed by atoms with Crippen molar-refractivity contribution in [3.8, 4) is 0 Å². The van der Waals surface area contributed by atoms with Crippen molar-refractivity contribution < 1.29 is 4.39 Å². The van der Waals surface area contributed by atoms with Crippen molar-refractivity contribution in [1.82, 2.24) is 5.43 Å². The summed E-state index contributed by atoms with van der Waals surface area (Å²) in [6, 6.07) is 8.39. The van der Waals surface area contributed by atoms with Gasteiger partial charge in [0, 0.05) is 15.8 Å². The Hall–Kier alpha value is -0.460. The molecule has 1 atom stereocenters. The van der Waals surface area contributed by atoms with Crippen LogP contribution in [0.5, 0.6) is 0 Å². The molecule has 0 spiro atoms. The molecule has 0 amide bonds. The van der Waals surface area contributed by atoms with Crippen molar-refractivity contribution in [3.63, 3.8) is 0 Å². The van der Waals surface area contributed by atoms with Crippen LogP contribution >= 0.6 is 38.9 Å². The van der Waals surface area contributed by atoms with Crippen LogP contribution in [0.25, 0.3) is 0 Å². The SMILES string of the molecule is NNC(Cc1ccc(Cl)s1)c1cc(F)cc(Br)c1. The molecule has 0 saturated carbocycles. The van der Waals surface area contributed by atoms with Crippen LogP contribution < -0.4 is 11.3 Å². The number of hydrogen-bond donors (Lipinski definition) is 2. The van der Waals surface area contributed by atoms with E-state index in [4.69, 9.17) is 17.4 Å². The molecule has 0 aliphatic rings. The average Bonchev–Trinajstić information content (AvgIpc) is 2.70. The number of nitrogens with two attached hydrogens (primary N) is 1. The van der Waals surface area contributed by atoms with E-state index < -0.39 is 0 Å². The fourth-order valence-electron chi connectivity index (χ4n) is 1.71. The summed E-state index contributed by atoms with van der Waals surface area (Å²) >= 11 is 10.7. The molecule has 3 N–H and O–H groups in total. The van der Waals surface area contributed by atoms with Crippen molar-refractivity contribution in [2.45, 2.75) is 12.5 Å². The Morgan fingerprint density at radius 3 is 2.72 bits per heavy atom. The van der Waals surface area contributed by atoms with Gasteiger partial charge in [-0.25, -0.2) is 4.39 Å². The number of hydrazine groups is 1. The van der Waals surface area contributed by atoms with Gasteiger partial charge in [0.05, 0.1) is 10.4 Å². The summed E-state index contributed by atoms with van der Waals surface area (Å²) < 4.78 is 14.8. The molecule has 1 aromatic heterocycles. The minimum absolute atomic E-state index is 0.147. The first-order valence-electron chi connectivity index (χ1n) is 5.25. The minimum Gasteiger partial charge on any atom is -0.271 e. The third kappa shape index (κ3) is 3.52. The molecule has 2 aromatic rings. The number of halogens is 3. The lowest BCUT2D eigenvalue weighted by molar-refractivity contribution is 0.547. The summed E-state index contributed by atoms with van der Waals surface area (Å²) in [5, 5.41) is 0. The second-order valence-electron chi connectivity index (χ2n) is 3.83. The summed E-state index contributed by atoms with van der Waals surface area (Å²) in [5.74, 6) is 5.26. The van der Waals surface area contributed by atoms with Gasteiger partial charge in [-0.3, -0.25) is 11.3 Å². The molecule has 6 heteroatoms. The lowest BCUT2D eigenvalue weighted by Crippen LogP contribution is -2.29. The Balaban J connectivity index is 2.22. The number of benzene rings is 1. The van der Waals surface area contributed by atoms with Crippen LogP contribution in [0.4, 0.5) is 4.39 Å². The average molecular weight is 350 g/mol. The van der Waals surface area contributed by atoms with Gasteiger partial charge in [0.2, 0.25) is 0 Å². The van der Waals surface area contributed by atoms with Crippen molar-refractivity contribution >= 4 is 38.9 Å². The quantitative estimate of drug-likeness (QED) is 0.645. The van der Waals surface area contributed by atoms with E-state index in [1.54, 1.807) is 0 Å². The van der Waals surface area contributed by atoms with E-state index in [0.717, 1.165) is 14.8 Å². The second kappa shape index (κ2) is 6.12. The monoisotopic (exact) mass is 348 g/mol. The van der Waals surface area contributed by atoms with Crippen LogP contribution in [0.3, 0.4) is 0 Å². The van der Waals surface area contributed by atoms with Crippen molar-refractivity contribution in [2.24, 2.45) is 5.84 Å². The van der Waals surface area contributed by atoms with E-state index >= 15 is 0 Å². The maximum absolute atomic E-state index is 13.4. The first-order chi connectivity index (χ1) is 8.58. The van der Waals surface area contributed by atoms with E-state index in [0.29, 0.717) is 10.9 Å². The zero-order valence-electron chi connectivity index (χ0n) is 9.29. The Bertz CT molecular complexity index is 526. The van der Waals surface area contributed by atoms with E-state index in [1.165, 1.54) is 23.5 Å². The van der Waals surface area contributed by atoms with E-state index in [-0.39, 0.29) is 11.9 Å². The van der Waals surface area contributed by atoms with Crippen LogP contribution in [0.15, 0.2) is 34.8 Å². The fraction of sp³-hybridized carbons (Fsp3) is 0.167. The van der Waals surface area contributed by atoms with E-state index in [9.17, 15) is 4.39 Å². The second-order valence-corrected chi connectivity index (χ2v) is 6.55. The molecule has 0 saturated heterocycles. The first kappa shape index (κ1) is 14.0.